The fourth-order valence-corrected chi connectivity index (χ4v) is 7.13. The van der Waals surface area contributed by atoms with E-state index in [9.17, 15) is 9.59 Å². The summed E-state index contributed by atoms with van der Waals surface area (Å²) < 4.78 is 0. The Bertz CT molecular complexity index is 529. The molecule has 0 N–H and O–H groups in total. The van der Waals surface area contributed by atoms with Crippen molar-refractivity contribution in [2.45, 2.75) is 90.5 Å². The normalized spacial score (nSPS) is 34.5. The first kappa shape index (κ1) is 19.3. The predicted octanol–water partition coefficient (Wildman–Crippen LogP) is 4.23. The molecule has 5 aliphatic rings. The topological polar surface area (TPSA) is 40.6 Å². The van der Waals surface area contributed by atoms with Crippen LogP contribution in [0.2, 0.25) is 0 Å². The van der Waals surface area contributed by atoms with Crippen LogP contribution in [-0.2, 0) is 9.59 Å². The summed E-state index contributed by atoms with van der Waals surface area (Å²) in [6, 6.07) is 0.230. The largest absolute Gasteiger partial charge is 0.343 e. The lowest BCUT2D eigenvalue weighted by Crippen LogP contribution is -2.49. The summed E-state index contributed by atoms with van der Waals surface area (Å²) in [5.74, 6) is 3.32. The Balaban J connectivity index is 1.30. The monoisotopic (exact) mass is 374 g/mol. The van der Waals surface area contributed by atoms with E-state index in [4.69, 9.17) is 0 Å². The Morgan fingerprint density at radius 1 is 1.00 bits per heavy atom. The lowest BCUT2D eigenvalue weighted by molar-refractivity contribution is -0.142. The Morgan fingerprint density at radius 2 is 1.56 bits per heavy atom. The van der Waals surface area contributed by atoms with E-state index in [1.54, 1.807) is 0 Å². The van der Waals surface area contributed by atoms with Gasteiger partial charge in [0.15, 0.2) is 0 Å². The zero-order chi connectivity index (χ0) is 19.0. The van der Waals surface area contributed by atoms with Gasteiger partial charge in [-0.1, -0.05) is 0 Å². The minimum atomic E-state index is 0.230. The molecule has 5 fully saturated rings. The number of carbonyl (C=O) groups is 2. The highest BCUT2D eigenvalue weighted by molar-refractivity contribution is 5.78. The summed E-state index contributed by atoms with van der Waals surface area (Å²) in [6.07, 6.45) is 12.6. The van der Waals surface area contributed by atoms with Crippen molar-refractivity contribution in [3.8, 4) is 0 Å². The lowest BCUT2D eigenvalue weighted by atomic mass is 9.49. The van der Waals surface area contributed by atoms with E-state index in [1.165, 1.54) is 38.5 Å². The SMILES string of the molecule is CC(C)N(CCCC(=O)N1CCCC1)C(=O)CC12CC3CC(CC(C3)C1)C2. The third-order valence-electron chi connectivity index (χ3n) is 7.88. The molecule has 0 aromatic carbocycles. The van der Waals surface area contributed by atoms with Crippen molar-refractivity contribution >= 4 is 11.8 Å². The second kappa shape index (κ2) is 7.75. The fraction of sp³-hybridized carbons (Fsp3) is 0.913. The Labute approximate surface area is 165 Å². The van der Waals surface area contributed by atoms with Gasteiger partial charge in [-0.15, -0.1) is 0 Å². The number of hydrogen-bond acceptors (Lipinski definition) is 2. The van der Waals surface area contributed by atoms with Crippen molar-refractivity contribution in [2.75, 3.05) is 19.6 Å². The molecule has 5 rings (SSSR count). The van der Waals surface area contributed by atoms with Crippen LogP contribution in [0.3, 0.4) is 0 Å². The van der Waals surface area contributed by atoms with Gasteiger partial charge in [0.25, 0.3) is 0 Å². The average Bonchev–Trinajstić information content (AvgIpc) is 3.11. The second-order valence-corrected chi connectivity index (χ2v) is 10.5. The maximum absolute atomic E-state index is 13.2. The van der Waals surface area contributed by atoms with Crippen LogP contribution in [-0.4, -0.2) is 47.3 Å². The molecule has 2 amide bonds. The quantitative estimate of drug-likeness (QED) is 0.669. The number of likely N-dealkylation sites (tertiary alicyclic amines) is 1. The van der Waals surface area contributed by atoms with Gasteiger partial charge in [0.2, 0.25) is 11.8 Å². The Morgan fingerprint density at radius 3 is 2.07 bits per heavy atom. The first-order chi connectivity index (χ1) is 12.9. The molecule has 0 spiro atoms. The highest BCUT2D eigenvalue weighted by Gasteiger charge is 2.51. The second-order valence-electron chi connectivity index (χ2n) is 10.5. The third-order valence-corrected chi connectivity index (χ3v) is 7.88. The van der Waals surface area contributed by atoms with Crippen molar-refractivity contribution in [2.24, 2.45) is 23.2 Å². The van der Waals surface area contributed by atoms with Crippen LogP contribution in [0, 0.1) is 23.2 Å². The van der Waals surface area contributed by atoms with Crippen LogP contribution in [0.15, 0.2) is 0 Å². The van der Waals surface area contributed by atoms with E-state index in [2.05, 4.69) is 18.7 Å². The molecule has 0 aromatic rings. The molecule has 1 heterocycles. The standard InChI is InChI=1S/C23H38N2O2/c1-17(2)25(9-5-6-21(26)24-7-3-4-8-24)22(27)16-23-13-18-10-19(14-23)12-20(11-18)15-23/h17-20H,3-16H2,1-2H3. The van der Waals surface area contributed by atoms with Crippen molar-refractivity contribution in [3.63, 3.8) is 0 Å². The molecule has 152 valence electrons. The van der Waals surface area contributed by atoms with Gasteiger partial charge in [-0.05, 0) is 94.8 Å². The summed E-state index contributed by atoms with van der Waals surface area (Å²) in [6.45, 7) is 6.84. The highest BCUT2D eigenvalue weighted by Crippen LogP contribution is 2.61. The first-order valence-corrected chi connectivity index (χ1v) is 11.5. The van der Waals surface area contributed by atoms with Crippen LogP contribution in [0.5, 0.6) is 0 Å². The van der Waals surface area contributed by atoms with Crippen molar-refractivity contribution in [1.82, 2.24) is 9.80 Å². The molecule has 0 radical (unpaired) electrons. The fourth-order valence-electron chi connectivity index (χ4n) is 7.13. The lowest BCUT2D eigenvalue weighted by Gasteiger charge is -2.57. The molecule has 0 aromatic heterocycles. The van der Waals surface area contributed by atoms with E-state index in [-0.39, 0.29) is 11.9 Å². The van der Waals surface area contributed by atoms with Crippen LogP contribution in [0.1, 0.15) is 84.5 Å². The first-order valence-electron chi connectivity index (χ1n) is 11.5. The number of hydrogen-bond donors (Lipinski definition) is 0. The van der Waals surface area contributed by atoms with Gasteiger partial charge in [0, 0.05) is 38.5 Å². The van der Waals surface area contributed by atoms with Crippen LogP contribution in [0.25, 0.3) is 0 Å². The molecule has 4 bridgehead atoms. The minimum absolute atomic E-state index is 0.230. The van der Waals surface area contributed by atoms with E-state index < -0.39 is 0 Å². The maximum atomic E-state index is 13.2. The number of carbonyl (C=O) groups excluding carboxylic acids is 2. The van der Waals surface area contributed by atoms with Crippen molar-refractivity contribution in [3.05, 3.63) is 0 Å². The van der Waals surface area contributed by atoms with Crippen LogP contribution in [0.4, 0.5) is 0 Å². The van der Waals surface area contributed by atoms with Gasteiger partial charge >= 0.3 is 0 Å². The molecule has 0 atom stereocenters. The molecule has 1 saturated heterocycles. The smallest absolute Gasteiger partial charge is 0.223 e. The molecule has 27 heavy (non-hydrogen) atoms. The van der Waals surface area contributed by atoms with Gasteiger partial charge in [-0.2, -0.15) is 0 Å². The number of amides is 2. The van der Waals surface area contributed by atoms with Crippen molar-refractivity contribution < 1.29 is 9.59 Å². The molecule has 1 aliphatic heterocycles. The summed E-state index contributed by atoms with van der Waals surface area (Å²) in [7, 11) is 0. The molecule has 4 aliphatic carbocycles. The molecule has 4 saturated carbocycles. The zero-order valence-corrected chi connectivity index (χ0v) is 17.4. The summed E-state index contributed by atoms with van der Waals surface area (Å²) in [5.41, 5.74) is 0.310. The summed E-state index contributed by atoms with van der Waals surface area (Å²) in [4.78, 5) is 29.6. The van der Waals surface area contributed by atoms with Gasteiger partial charge < -0.3 is 9.80 Å². The van der Waals surface area contributed by atoms with E-state index >= 15 is 0 Å². The van der Waals surface area contributed by atoms with E-state index in [1.807, 2.05) is 4.90 Å². The van der Waals surface area contributed by atoms with Crippen LogP contribution < -0.4 is 0 Å². The number of rotatable bonds is 7. The summed E-state index contributed by atoms with van der Waals surface area (Å²) >= 11 is 0. The van der Waals surface area contributed by atoms with Crippen LogP contribution >= 0.6 is 0 Å². The third kappa shape index (κ3) is 4.19. The van der Waals surface area contributed by atoms with Crippen molar-refractivity contribution in [1.29, 1.82) is 0 Å². The van der Waals surface area contributed by atoms with E-state index in [0.717, 1.165) is 63.1 Å². The average molecular weight is 375 g/mol. The molecule has 0 unspecified atom stereocenters. The minimum Gasteiger partial charge on any atom is -0.343 e. The zero-order valence-electron chi connectivity index (χ0n) is 17.4. The van der Waals surface area contributed by atoms with Gasteiger partial charge in [-0.25, -0.2) is 0 Å². The van der Waals surface area contributed by atoms with Gasteiger partial charge in [0.1, 0.15) is 0 Å². The van der Waals surface area contributed by atoms with Gasteiger partial charge in [0.05, 0.1) is 0 Å². The molecular weight excluding hydrogens is 336 g/mol. The Kier molecular flexibility index (Phi) is 5.53. The maximum Gasteiger partial charge on any atom is 0.223 e. The predicted molar refractivity (Wildman–Crippen MR) is 107 cm³/mol. The van der Waals surface area contributed by atoms with E-state index in [0.29, 0.717) is 17.7 Å². The Hall–Kier alpha value is -1.06. The molecule has 4 heteroatoms. The van der Waals surface area contributed by atoms with Gasteiger partial charge in [-0.3, -0.25) is 9.59 Å². The number of nitrogens with zero attached hydrogens (tertiary/aromatic N) is 2. The molecule has 4 nitrogen and oxygen atoms in total. The highest BCUT2D eigenvalue weighted by atomic mass is 16.2. The molecular formula is C23H38N2O2. The summed E-state index contributed by atoms with van der Waals surface area (Å²) in [5, 5.41) is 0.